The highest BCUT2D eigenvalue weighted by Gasteiger charge is 2.26. The number of anilines is 1. The van der Waals surface area contributed by atoms with Gasteiger partial charge in [0.2, 0.25) is 5.91 Å². The summed E-state index contributed by atoms with van der Waals surface area (Å²) < 4.78 is 6.73. The molecule has 1 aliphatic carbocycles. The van der Waals surface area contributed by atoms with E-state index in [1.165, 1.54) is 22.9 Å². The number of ether oxygens (including phenoxy) is 1. The number of amides is 1. The van der Waals surface area contributed by atoms with Crippen molar-refractivity contribution in [2.75, 3.05) is 12.4 Å². The first-order chi connectivity index (χ1) is 13.5. The van der Waals surface area contributed by atoms with Gasteiger partial charge in [0.15, 0.2) is 0 Å². The predicted octanol–water partition coefficient (Wildman–Crippen LogP) is 4.20. The highest BCUT2D eigenvalue weighted by molar-refractivity contribution is 7.18. The Bertz CT molecular complexity index is 1120. The Hall–Kier alpha value is -2.38. The molecular formula is C20H20ClN3O3S. The molecule has 1 atom stereocenters. The normalized spacial score (nSPS) is 14.1. The Morgan fingerprint density at radius 2 is 2.25 bits per heavy atom. The van der Waals surface area contributed by atoms with Crippen molar-refractivity contribution in [2.24, 2.45) is 0 Å². The van der Waals surface area contributed by atoms with Crippen molar-refractivity contribution in [3.05, 3.63) is 50.3 Å². The zero-order valence-corrected chi connectivity index (χ0v) is 17.2. The van der Waals surface area contributed by atoms with Gasteiger partial charge in [0, 0.05) is 9.90 Å². The third-order valence-corrected chi connectivity index (χ3v) is 6.53. The van der Waals surface area contributed by atoms with Gasteiger partial charge in [-0.2, -0.15) is 0 Å². The van der Waals surface area contributed by atoms with E-state index in [0.29, 0.717) is 28.3 Å². The summed E-state index contributed by atoms with van der Waals surface area (Å²) in [5, 5.41) is 4.00. The highest BCUT2D eigenvalue weighted by atomic mass is 35.5. The number of thiophene rings is 1. The van der Waals surface area contributed by atoms with Crippen LogP contribution in [0.2, 0.25) is 5.02 Å². The number of nitrogens with zero attached hydrogens (tertiary/aromatic N) is 2. The molecule has 2 aromatic heterocycles. The van der Waals surface area contributed by atoms with Crippen molar-refractivity contribution >= 4 is 44.7 Å². The number of aromatic nitrogens is 2. The Balaban J connectivity index is 1.71. The minimum atomic E-state index is -0.676. The van der Waals surface area contributed by atoms with Gasteiger partial charge in [0.1, 0.15) is 16.6 Å². The summed E-state index contributed by atoms with van der Waals surface area (Å²) in [6, 6.07) is 4.33. The highest BCUT2D eigenvalue weighted by Crippen LogP contribution is 2.35. The molecule has 0 spiro atoms. The summed E-state index contributed by atoms with van der Waals surface area (Å²) in [5.74, 6) is 0.197. The van der Waals surface area contributed by atoms with Crippen molar-refractivity contribution in [1.82, 2.24) is 9.55 Å². The topological polar surface area (TPSA) is 73.2 Å². The Morgan fingerprint density at radius 3 is 3.00 bits per heavy atom. The average Bonchev–Trinajstić information content (AvgIpc) is 3.25. The Kier molecular flexibility index (Phi) is 5.12. The van der Waals surface area contributed by atoms with Crippen LogP contribution in [0.3, 0.4) is 0 Å². The first-order valence-electron chi connectivity index (χ1n) is 9.19. The van der Waals surface area contributed by atoms with Crippen LogP contribution in [0.25, 0.3) is 10.2 Å². The molecular weight excluding hydrogens is 398 g/mol. The maximum atomic E-state index is 13.2. The maximum absolute atomic E-state index is 13.2. The fraction of sp³-hybridized carbons (Fsp3) is 0.350. The van der Waals surface area contributed by atoms with Gasteiger partial charge in [-0.05, 0) is 49.4 Å². The van der Waals surface area contributed by atoms with E-state index in [4.69, 9.17) is 16.3 Å². The SMILES string of the molecule is CCC(C(=O)Nc1cc(Cl)ccc1OC)n1cnc2sc3c(c2c1=O)CCC3. The summed E-state index contributed by atoms with van der Waals surface area (Å²) in [7, 11) is 1.52. The van der Waals surface area contributed by atoms with Crippen molar-refractivity contribution in [3.63, 3.8) is 0 Å². The molecule has 28 heavy (non-hydrogen) atoms. The van der Waals surface area contributed by atoms with E-state index < -0.39 is 6.04 Å². The molecule has 0 aliphatic heterocycles. The van der Waals surface area contributed by atoms with Crippen molar-refractivity contribution in [1.29, 1.82) is 0 Å². The molecule has 1 aliphatic rings. The number of carbonyl (C=O) groups is 1. The molecule has 0 fully saturated rings. The van der Waals surface area contributed by atoms with Crippen LogP contribution in [0.1, 0.15) is 36.2 Å². The van der Waals surface area contributed by atoms with Gasteiger partial charge in [-0.1, -0.05) is 18.5 Å². The zero-order valence-electron chi connectivity index (χ0n) is 15.6. The van der Waals surface area contributed by atoms with Gasteiger partial charge in [0.05, 0.1) is 24.5 Å². The number of halogens is 1. The lowest BCUT2D eigenvalue weighted by Gasteiger charge is -2.19. The van der Waals surface area contributed by atoms with Crippen LogP contribution in [0.5, 0.6) is 5.75 Å². The predicted molar refractivity (Wildman–Crippen MR) is 112 cm³/mol. The van der Waals surface area contributed by atoms with E-state index in [1.54, 1.807) is 29.5 Å². The number of carbonyl (C=O) groups excluding carboxylic acids is 1. The van der Waals surface area contributed by atoms with Crippen molar-refractivity contribution in [3.8, 4) is 5.75 Å². The molecule has 2 heterocycles. The van der Waals surface area contributed by atoms with Crippen LogP contribution in [0.4, 0.5) is 5.69 Å². The molecule has 1 aromatic carbocycles. The Labute approximate surface area is 171 Å². The molecule has 4 rings (SSSR count). The zero-order chi connectivity index (χ0) is 19.8. The molecule has 146 valence electrons. The molecule has 0 radical (unpaired) electrons. The number of aryl methyl sites for hydroxylation is 2. The second-order valence-corrected chi connectivity index (χ2v) is 8.27. The third kappa shape index (κ3) is 3.18. The fourth-order valence-electron chi connectivity index (χ4n) is 3.72. The van der Waals surface area contributed by atoms with E-state index in [2.05, 4.69) is 10.3 Å². The van der Waals surface area contributed by atoms with Gasteiger partial charge >= 0.3 is 0 Å². The van der Waals surface area contributed by atoms with Crippen LogP contribution in [0, 0.1) is 0 Å². The van der Waals surface area contributed by atoms with E-state index in [1.807, 2.05) is 6.92 Å². The molecule has 0 saturated heterocycles. The van der Waals surface area contributed by atoms with Gasteiger partial charge in [-0.3, -0.25) is 14.2 Å². The van der Waals surface area contributed by atoms with E-state index in [-0.39, 0.29) is 11.5 Å². The number of benzene rings is 1. The number of nitrogens with one attached hydrogen (secondary N) is 1. The second-order valence-electron chi connectivity index (χ2n) is 6.75. The summed E-state index contributed by atoms with van der Waals surface area (Å²) >= 11 is 7.64. The van der Waals surface area contributed by atoms with E-state index in [0.717, 1.165) is 29.7 Å². The van der Waals surface area contributed by atoms with Crippen LogP contribution in [-0.4, -0.2) is 22.6 Å². The summed E-state index contributed by atoms with van der Waals surface area (Å²) in [6.45, 7) is 1.87. The standard InChI is InChI=1S/C20H20ClN3O3S/c1-3-14(18(25)23-13-9-11(21)7-8-15(13)27-2)24-10-22-19-17(20(24)26)12-5-4-6-16(12)28-19/h7-10,14H,3-6H2,1-2H3,(H,23,25). The van der Waals surface area contributed by atoms with Gasteiger partial charge < -0.3 is 10.1 Å². The van der Waals surface area contributed by atoms with Gasteiger partial charge in [-0.15, -0.1) is 11.3 Å². The molecule has 0 saturated carbocycles. The third-order valence-electron chi connectivity index (χ3n) is 5.10. The van der Waals surface area contributed by atoms with E-state index in [9.17, 15) is 9.59 Å². The summed E-state index contributed by atoms with van der Waals surface area (Å²) in [5.41, 5.74) is 1.43. The number of hydrogen-bond donors (Lipinski definition) is 1. The van der Waals surface area contributed by atoms with Crippen LogP contribution in [0.15, 0.2) is 29.3 Å². The lowest BCUT2D eigenvalue weighted by Crippen LogP contribution is -2.33. The first kappa shape index (κ1) is 19.0. The Morgan fingerprint density at radius 1 is 1.43 bits per heavy atom. The van der Waals surface area contributed by atoms with Gasteiger partial charge in [0.25, 0.3) is 5.56 Å². The average molecular weight is 418 g/mol. The van der Waals surface area contributed by atoms with Crippen LogP contribution >= 0.6 is 22.9 Å². The summed E-state index contributed by atoms with van der Waals surface area (Å²) in [6.07, 6.45) is 4.91. The lowest BCUT2D eigenvalue weighted by atomic mass is 10.1. The second kappa shape index (κ2) is 7.56. The molecule has 1 amide bonds. The molecule has 6 nitrogen and oxygen atoms in total. The minimum absolute atomic E-state index is 0.149. The van der Waals surface area contributed by atoms with Crippen LogP contribution in [-0.2, 0) is 17.6 Å². The fourth-order valence-corrected chi connectivity index (χ4v) is 5.11. The summed E-state index contributed by atoms with van der Waals surface area (Å²) in [4.78, 5) is 32.7. The monoisotopic (exact) mass is 417 g/mol. The number of methoxy groups -OCH3 is 1. The maximum Gasteiger partial charge on any atom is 0.263 e. The molecule has 8 heteroatoms. The number of rotatable bonds is 5. The van der Waals surface area contributed by atoms with Crippen molar-refractivity contribution in [2.45, 2.75) is 38.6 Å². The quantitative estimate of drug-likeness (QED) is 0.675. The molecule has 1 unspecified atom stereocenters. The molecule has 0 bridgehead atoms. The lowest BCUT2D eigenvalue weighted by molar-refractivity contribution is -0.119. The molecule has 3 aromatic rings. The smallest absolute Gasteiger partial charge is 0.263 e. The largest absolute Gasteiger partial charge is 0.495 e. The minimum Gasteiger partial charge on any atom is -0.495 e. The van der Waals surface area contributed by atoms with Gasteiger partial charge in [-0.25, -0.2) is 4.98 Å². The van der Waals surface area contributed by atoms with Crippen LogP contribution < -0.4 is 15.6 Å². The first-order valence-corrected chi connectivity index (χ1v) is 10.4. The number of fused-ring (bicyclic) bond motifs is 3. The molecule has 1 N–H and O–H groups in total. The number of hydrogen-bond acceptors (Lipinski definition) is 5. The van der Waals surface area contributed by atoms with E-state index >= 15 is 0 Å². The van der Waals surface area contributed by atoms with Crippen molar-refractivity contribution < 1.29 is 9.53 Å².